The van der Waals surface area contributed by atoms with Crippen LogP contribution in [0, 0.1) is 5.82 Å². The zero-order valence-corrected chi connectivity index (χ0v) is 11.9. The van der Waals surface area contributed by atoms with E-state index in [1.807, 2.05) is 12.1 Å². The van der Waals surface area contributed by atoms with Gasteiger partial charge >= 0.3 is 0 Å². The van der Waals surface area contributed by atoms with Gasteiger partial charge in [0.25, 0.3) is 0 Å². The average molecular weight is 263 g/mol. The molecule has 1 nitrogen and oxygen atoms in total. The summed E-state index contributed by atoms with van der Waals surface area (Å²) in [6, 6.07) is 6.71. The van der Waals surface area contributed by atoms with E-state index >= 15 is 0 Å². The van der Waals surface area contributed by atoms with E-state index < -0.39 is 0 Å². The smallest absolute Gasteiger partial charge is 0.123 e. The third kappa shape index (κ3) is 2.61. The van der Waals surface area contributed by atoms with E-state index in [2.05, 4.69) is 26.2 Å². The van der Waals surface area contributed by atoms with E-state index in [0.29, 0.717) is 0 Å². The summed E-state index contributed by atoms with van der Waals surface area (Å²) in [6.45, 7) is 6.42. The van der Waals surface area contributed by atoms with E-state index in [1.54, 1.807) is 11.3 Å². The first-order chi connectivity index (χ1) is 8.54. The van der Waals surface area contributed by atoms with Gasteiger partial charge in [-0.1, -0.05) is 25.5 Å². The Morgan fingerprint density at radius 2 is 1.89 bits per heavy atom. The lowest BCUT2D eigenvalue weighted by molar-refractivity contribution is 0.610. The van der Waals surface area contributed by atoms with Gasteiger partial charge in [-0.15, -0.1) is 11.3 Å². The Labute approximate surface area is 112 Å². The Balaban J connectivity index is 2.31. The van der Waals surface area contributed by atoms with Gasteiger partial charge < -0.3 is 0 Å². The van der Waals surface area contributed by atoms with Crippen molar-refractivity contribution in [2.45, 2.75) is 39.0 Å². The van der Waals surface area contributed by atoms with Gasteiger partial charge in [-0.2, -0.15) is 0 Å². The maximum absolute atomic E-state index is 13.0. The molecule has 3 heteroatoms. The highest BCUT2D eigenvalue weighted by Gasteiger charge is 2.26. The molecule has 0 bridgehead atoms. The van der Waals surface area contributed by atoms with Crippen LogP contribution in [0.15, 0.2) is 29.6 Å². The Morgan fingerprint density at radius 3 is 2.50 bits per heavy atom. The molecule has 0 aliphatic carbocycles. The first kappa shape index (κ1) is 13.2. The average Bonchev–Trinajstić information content (AvgIpc) is 2.79. The number of aryl methyl sites for hydroxylation is 1. The number of halogens is 1. The molecule has 1 aromatic carbocycles. The summed E-state index contributed by atoms with van der Waals surface area (Å²) in [4.78, 5) is 4.70. The summed E-state index contributed by atoms with van der Waals surface area (Å²) in [7, 11) is 0. The van der Waals surface area contributed by atoms with Crippen LogP contribution in [0.2, 0.25) is 0 Å². The molecular weight excluding hydrogens is 245 g/mol. The van der Waals surface area contributed by atoms with E-state index in [-0.39, 0.29) is 11.2 Å². The maximum Gasteiger partial charge on any atom is 0.123 e. The summed E-state index contributed by atoms with van der Waals surface area (Å²) in [5.74, 6) is -0.194. The highest BCUT2D eigenvalue weighted by atomic mass is 32.1. The molecule has 1 heterocycles. The van der Waals surface area contributed by atoms with E-state index in [9.17, 15) is 4.39 Å². The number of hydrogen-bond acceptors (Lipinski definition) is 2. The van der Waals surface area contributed by atoms with Gasteiger partial charge in [0, 0.05) is 10.8 Å². The van der Waals surface area contributed by atoms with Crippen LogP contribution in [0.4, 0.5) is 4.39 Å². The third-order valence-electron chi connectivity index (χ3n) is 3.16. The molecule has 2 rings (SSSR count). The lowest BCUT2D eigenvalue weighted by atomic mass is 9.85. The highest BCUT2D eigenvalue weighted by Crippen LogP contribution is 2.33. The summed E-state index contributed by atoms with van der Waals surface area (Å²) in [5.41, 5.74) is 2.10. The standard InChI is InChI=1S/C15H18FNS/c1-4-5-13-10-18-14(17-13)15(2,3)11-6-8-12(16)9-7-11/h6-10H,4-5H2,1-3H3. The minimum atomic E-state index is -0.194. The molecule has 0 saturated heterocycles. The number of thiazole rings is 1. The van der Waals surface area contributed by atoms with Crippen LogP contribution in [-0.4, -0.2) is 4.98 Å². The van der Waals surface area contributed by atoms with Crippen LogP contribution in [0.3, 0.4) is 0 Å². The molecule has 0 N–H and O–H groups in total. The summed E-state index contributed by atoms with van der Waals surface area (Å²) >= 11 is 1.69. The largest absolute Gasteiger partial charge is 0.245 e. The molecule has 0 aliphatic heterocycles. The highest BCUT2D eigenvalue weighted by molar-refractivity contribution is 7.09. The predicted molar refractivity (Wildman–Crippen MR) is 74.6 cm³/mol. The summed E-state index contributed by atoms with van der Waals surface area (Å²) in [5, 5.41) is 3.22. The lowest BCUT2D eigenvalue weighted by Gasteiger charge is -2.22. The van der Waals surface area contributed by atoms with Gasteiger partial charge in [0.05, 0.1) is 5.69 Å². The first-order valence-corrected chi connectivity index (χ1v) is 7.13. The SMILES string of the molecule is CCCc1csc(C(C)(C)c2ccc(F)cc2)n1. The Kier molecular flexibility index (Phi) is 3.81. The summed E-state index contributed by atoms with van der Waals surface area (Å²) in [6.07, 6.45) is 2.14. The van der Waals surface area contributed by atoms with Crippen LogP contribution < -0.4 is 0 Å². The molecule has 0 fully saturated rings. The van der Waals surface area contributed by atoms with Gasteiger partial charge in [-0.3, -0.25) is 0 Å². The first-order valence-electron chi connectivity index (χ1n) is 6.25. The zero-order chi connectivity index (χ0) is 13.2. The number of nitrogens with zero attached hydrogens (tertiary/aromatic N) is 1. The second-order valence-corrected chi connectivity index (χ2v) is 5.88. The Morgan fingerprint density at radius 1 is 1.22 bits per heavy atom. The number of aromatic nitrogens is 1. The predicted octanol–water partition coefficient (Wildman–Crippen LogP) is 4.56. The molecule has 0 radical (unpaired) electrons. The fourth-order valence-corrected chi connectivity index (χ4v) is 2.96. The van der Waals surface area contributed by atoms with E-state index in [0.717, 1.165) is 29.1 Å². The van der Waals surface area contributed by atoms with E-state index in [1.165, 1.54) is 12.1 Å². The van der Waals surface area contributed by atoms with Crippen molar-refractivity contribution in [3.63, 3.8) is 0 Å². The fourth-order valence-electron chi connectivity index (χ4n) is 1.96. The topological polar surface area (TPSA) is 12.9 Å². The Bertz CT molecular complexity index is 514. The van der Waals surface area contributed by atoms with Gasteiger partial charge in [-0.25, -0.2) is 9.37 Å². The molecule has 2 aromatic rings. The molecule has 96 valence electrons. The molecule has 1 aromatic heterocycles. The van der Waals surface area contributed by atoms with Crippen LogP contribution >= 0.6 is 11.3 Å². The molecular formula is C15H18FNS. The van der Waals surface area contributed by atoms with Crippen LogP contribution in [0.5, 0.6) is 0 Å². The minimum absolute atomic E-state index is 0.162. The molecule has 0 spiro atoms. The maximum atomic E-state index is 13.0. The van der Waals surface area contributed by atoms with Gasteiger partial charge in [-0.05, 0) is 38.0 Å². The zero-order valence-electron chi connectivity index (χ0n) is 11.0. The van der Waals surface area contributed by atoms with Crippen molar-refractivity contribution in [3.05, 3.63) is 51.7 Å². The lowest BCUT2D eigenvalue weighted by Crippen LogP contribution is -2.18. The molecule has 0 atom stereocenters. The van der Waals surface area contributed by atoms with Crippen molar-refractivity contribution >= 4 is 11.3 Å². The van der Waals surface area contributed by atoms with Crippen LogP contribution in [0.1, 0.15) is 43.5 Å². The molecule has 0 saturated carbocycles. The summed E-state index contributed by atoms with van der Waals surface area (Å²) < 4.78 is 13.0. The van der Waals surface area contributed by atoms with E-state index in [4.69, 9.17) is 4.98 Å². The molecule has 18 heavy (non-hydrogen) atoms. The van der Waals surface area contributed by atoms with Crippen LogP contribution in [0.25, 0.3) is 0 Å². The van der Waals surface area contributed by atoms with Crippen LogP contribution in [-0.2, 0) is 11.8 Å². The van der Waals surface area contributed by atoms with Crippen molar-refractivity contribution in [1.29, 1.82) is 0 Å². The van der Waals surface area contributed by atoms with Crippen molar-refractivity contribution in [2.75, 3.05) is 0 Å². The molecule has 0 aliphatic rings. The molecule has 0 unspecified atom stereocenters. The minimum Gasteiger partial charge on any atom is -0.245 e. The second-order valence-electron chi connectivity index (χ2n) is 5.03. The second kappa shape index (κ2) is 5.19. The monoisotopic (exact) mass is 263 g/mol. The quantitative estimate of drug-likeness (QED) is 0.788. The van der Waals surface area contributed by atoms with Gasteiger partial charge in [0.1, 0.15) is 10.8 Å². The molecule has 0 amide bonds. The number of hydrogen-bond donors (Lipinski definition) is 0. The number of benzene rings is 1. The van der Waals surface area contributed by atoms with Crippen molar-refractivity contribution in [3.8, 4) is 0 Å². The number of rotatable bonds is 4. The third-order valence-corrected chi connectivity index (χ3v) is 4.37. The van der Waals surface area contributed by atoms with Crippen molar-refractivity contribution in [1.82, 2.24) is 4.98 Å². The fraction of sp³-hybridized carbons (Fsp3) is 0.400. The van der Waals surface area contributed by atoms with Gasteiger partial charge in [0.2, 0.25) is 0 Å². The normalized spacial score (nSPS) is 11.8. The Hall–Kier alpha value is -1.22. The van der Waals surface area contributed by atoms with Crippen molar-refractivity contribution < 1.29 is 4.39 Å². The van der Waals surface area contributed by atoms with Gasteiger partial charge in [0.15, 0.2) is 0 Å². The van der Waals surface area contributed by atoms with Crippen molar-refractivity contribution in [2.24, 2.45) is 0 Å².